The van der Waals surface area contributed by atoms with Gasteiger partial charge in [-0.15, -0.1) is 11.6 Å². The van der Waals surface area contributed by atoms with Crippen LogP contribution in [0.25, 0.3) is 0 Å². The lowest BCUT2D eigenvalue weighted by molar-refractivity contribution is -0.160. The van der Waals surface area contributed by atoms with E-state index in [4.69, 9.17) is 16.3 Å². The highest BCUT2D eigenvalue weighted by Crippen LogP contribution is 2.40. The van der Waals surface area contributed by atoms with Crippen molar-refractivity contribution >= 4 is 23.5 Å². The van der Waals surface area contributed by atoms with Crippen LogP contribution in [0.5, 0.6) is 0 Å². The highest BCUT2D eigenvalue weighted by atomic mass is 35.5. The van der Waals surface area contributed by atoms with Crippen molar-refractivity contribution in [3.05, 3.63) is 35.9 Å². The van der Waals surface area contributed by atoms with E-state index in [0.29, 0.717) is 6.54 Å². The molecule has 4 atom stereocenters. The number of hydrogen-bond acceptors (Lipinski definition) is 3. The Hall–Kier alpha value is -1.55. The number of likely N-dealkylation sites (tertiary alicyclic amines) is 1. The Kier molecular flexibility index (Phi) is 4.39. The van der Waals surface area contributed by atoms with Gasteiger partial charge in [0, 0.05) is 25.4 Å². The van der Waals surface area contributed by atoms with Gasteiger partial charge in [-0.3, -0.25) is 9.59 Å². The fraction of sp³-hybridized carbons (Fsp3) is 0.529. The predicted molar refractivity (Wildman–Crippen MR) is 83.3 cm³/mol. The zero-order valence-electron chi connectivity index (χ0n) is 12.6. The average Bonchev–Trinajstić information content (AvgIpc) is 2.51. The number of halogens is 1. The molecule has 1 aliphatic carbocycles. The highest BCUT2D eigenvalue weighted by molar-refractivity contribution is 6.31. The number of rotatable bonds is 3. The van der Waals surface area contributed by atoms with Gasteiger partial charge in [0.15, 0.2) is 0 Å². The number of hydrogen-bond donors (Lipinski definition) is 0. The number of alkyl halides is 1. The first-order valence-corrected chi connectivity index (χ1v) is 8.15. The minimum absolute atomic E-state index is 0.0383. The molecule has 2 bridgehead atoms. The van der Waals surface area contributed by atoms with Gasteiger partial charge in [-0.05, 0) is 24.8 Å². The van der Waals surface area contributed by atoms with Crippen molar-refractivity contribution in [1.29, 1.82) is 0 Å². The summed E-state index contributed by atoms with van der Waals surface area (Å²) < 4.78 is 5.36. The van der Waals surface area contributed by atoms with Crippen molar-refractivity contribution in [1.82, 2.24) is 4.90 Å². The van der Waals surface area contributed by atoms with E-state index in [-0.39, 0.29) is 29.9 Å². The number of carbonyl (C=O) groups excluding carboxylic acids is 2. The van der Waals surface area contributed by atoms with Crippen molar-refractivity contribution < 1.29 is 14.3 Å². The van der Waals surface area contributed by atoms with E-state index in [1.165, 1.54) is 6.92 Å². The molecule has 1 aromatic carbocycles. The van der Waals surface area contributed by atoms with Crippen LogP contribution in [0, 0.1) is 5.92 Å². The van der Waals surface area contributed by atoms with E-state index < -0.39 is 5.38 Å². The molecule has 0 radical (unpaired) electrons. The van der Waals surface area contributed by atoms with Gasteiger partial charge in [-0.2, -0.15) is 0 Å². The molecule has 0 unspecified atom stereocenters. The molecule has 0 spiro atoms. The first-order valence-electron chi connectivity index (χ1n) is 7.72. The average molecular weight is 322 g/mol. The van der Waals surface area contributed by atoms with E-state index in [2.05, 4.69) is 0 Å². The monoisotopic (exact) mass is 321 g/mol. The van der Waals surface area contributed by atoms with Crippen LogP contribution in [-0.2, 0) is 20.9 Å². The van der Waals surface area contributed by atoms with Gasteiger partial charge in [0.2, 0.25) is 5.91 Å². The van der Waals surface area contributed by atoms with Crippen LogP contribution >= 0.6 is 11.6 Å². The van der Waals surface area contributed by atoms with E-state index in [9.17, 15) is 9.59 Å². The summed E-state index contributed by atoms with van der Waals surface area (Å²) in [6.07, 6.45) is 2.22. The van der Waals surface area contributed by atoms with Gasteiger partial charge in [0.05, 0.1) is 0 Å². The lowest BCUT2D eigenvalue weighted by Crippen LogP contribution is -2.57. The van der Waals surface area contributed by atoms with Crippen LogP contribution in [-0.4, -0.2) is 34.3 Å². The van der Waals surface area contributed by atoms with Crippen LogP contribution in [0.4, 0.5) is 0 Å². The molecule has 2 aliphatic rings. The van der Waals surface area contributed by atoms with E-state index in [1.54, 1.807) is 0 Å². The molecule has 3 rings (SSSR count). The number of esters is 1. The summed E-state index contributed by atoms with van der Waals surface area (Å²) in [7, 11) is 0. The topological polar surface area (TPSA) is 46.6 Å². The van der Waals surface area contributed by atoms with Crippen molar-refractivity contribution in [3.8, 4) is 0 Å². The quantitative estimate of drug-likeness (QED) is 0.635. The molecular formula is C17H20ClNO3. The van der Waals surface area contributed by atoms with E-state index in [1.807, 2.05) is 35.2 Å². The minimum atomic E-state index is -0.607. The van der Waals surface area contributed by atoms with Crippen molar-refractivity contribution in [3.63, 3.8) is 0 Å². The number of benzene rings is 1. The normalized spacial score (nSPS) is 31.0. The Balaban J connectivity index is 1.75. The standard InChI is InChI=1S/C17H20ClNO3/c1-11(20)22-15-8-7-13-9-14(15)16(18)17(21)19(13)10-12-5-3-2-4-6-12/h2-6,13-16H,7-10H2,1H3/t13-,14-,15-,16-/m0/s1. The molecule has 4 nitrogen and oxygen atoms in total. The largest absolute Gasteiger partial charge is 0.462 e. The second kappa shape index (κ2) is 6.29. The summed E-state index contributed by atoms with van der Waals surface area (Å²) in [5, 5.41) is -0.607. The van der Waals surface area contributed by atoms with Crippen LogP contribution in [0.2, 0.25) is 0 Å². The second-order valence-corrected chi connectivity index (χ2v) is 6.60. The van der Waals surface area contributed by atoms with Crippen molar-refractivity contribution in [2.75, 3.05) is 0 Å². The van der Waals surface area contributed by atoms with Gasteiger partial charge in [0.1, 0.15) is 11.5 Å². The van der Waals surface area contributed by atoms with Gasteiger partial charge >= 0.3 is 5.97 Å². The molecule has 22 heavy (non-hydrogen) atoms. The number of piperidine rings is 1. The smallest absolute Gasteiger partial charge is 0.302 e. The third kappa shape index (κ3) is 2.98. The maximum atomic E-state index is 12.6. The summed E-state index contributed by atoms with van der Waals surface area (Å²) in [6, 6.07) is 10.1. The third-order valence-corrected chi connectivity index (χ3v) is 5.17. The zero-order chi connectivity index (χ0) is 15.7. The fourth-order valence-electron chi connectivity index (χ4n) is 3.61. The van der Waals surface area contributed by atoms with Crippen LogP contribution < -0.4 is 0 Å². The van der Waals surface area contributed by atoms with E-state index >= 15 is 0 Å². The minimum Gasteiger partial charge on any atom is -0.462 e. The first kappa shape index (κ1) is 15.3. The molecule has 0 N–H and O–H groups in total. The SMILES string of the molecule is CC(=O)O[C@H]1CC[C@H]2C[C@@H]1[C@H](Cl)C(=O)N2Cc1ccccc1. The first-order chi connectivity index (χ1) is 10.6. The van der Waals surface area contributed by atoms with Crippen LogP contribution in [0.15, 0.2) is 30.3 Å². The molecular weight excluding hydrogens is 302 g/mol. The number of fused-ring (bicyclic) bond motifs is 2. The molecule has 1 amide bonds. The predicted octanol–water partition coefficient (Wildman–Crippen LogP) is 2.74. The molecule has 1 saturated carbocycles. The van der Waals surface area contributed by atoms with Gasteiger partial charge in [-0.1, -0.05) is 30.3 Å². The Morgan fingerprint density at radius 3 is 2.73 bits per heavy atom. The second-order valence-electron chi connectivity index (χ2n) is 6.13. The molecule has 2 fully saturated rings. The number of nitrogens with zero attached hydrogens (tertiary/aromatic N) is 1. The maximum absolute atomic E-state index is 12.6. The molecule has 1 aliphatic heterocycles. The summed E-state index contributed by atoms with van der Waals surface area (Å²) in [4.78, 5) is 25.7. The lowest BCUT2D eigenvalue weighted by Gasteiger charge is -2.47. The third-order valence-electron chi connectivity index (χ3n) is 4.65. The van der Waals surface area contributed by atoms with Crippen LogP contribution in [0.3, 0.4) is 0 Å². The van der Waals surface area contributed by atoms with Gasteiger partial charge in [-0.25, -0.2) is 0 Å². The summed E-state index contributed by atoms with van der Waals surface area (Å²) >= 11 is 6.39. The summed E-state index contributed by atoms with van der Waals surface area (Å²) in [5.41, 5.74) is 1.11. The molecule has 5 heteroatoms. The highest BCUT2D eigenvalue weighted by Gasteiger charge is 2.48. The zero-order valence-corrected chi connectivity index (χ0v) is 13.3. The Labute approximate surface area is 135 Å². The van der Waals surface area contributed by atoms with Gasteiger partial charge < -0.3 is 9.64 Å². The summed E-state index contributed by atoms with van der Waals surface area (Å²) in [6.45, 7) is 2.00. The number of carbonyl (C=O) groups is 2. The van der Waals surface area contributed by atoms with Gasteiger partial charge in [0.25, 0.3) is 0 Å². The molecule has 1 saturated heterocycles. The summed E-state index contributed by atoms with van der Waals surface area (Å²) in [5.74, 6) is -0.404. The molecule has 1 heterocycles. The van der Waals surface area contributed by atoms with Crippen molar-refractivity contribution in [2.45, 2.75) is 50.3 Å². The maximum Gasteiger partial charge on any atom is 0.302 e. The Bertz CT molecular complexity index is 562. The Morgan fingerprint density at radius 2 is 2.05 bits per heavy atom. The number of amides is 1. The molecule has 118 valence electrons. The fourth-order valence-corrected chi connectivity index (χ4v) is 4.00. The van der Waals surface area contributed by atoms with Crippen molar-refractivity contribution in [2.24, 2.45) is 5.92 Å². The van der Waals surface area contributed by atoms with Crippen LogP contribution in [0.1, 0.15) is 31.7 Å². The number of ether oxygens (including phenoxy) is 1. The lowest BCUT2D eigenvalue weighted by atomic mass is 9.76. The Morgan fingerprint density at radius 1 is 1.32 bits per heavy atom. The molecule has 1 aromatic rings. The molecule has 0 aromatic heterocycles. The van der Waals surface area contributed by atoms with E-state index in [0.717, 1.165) is 24.8 Å².